The van der Waals surface area contributed by atoms with Gasteiger partial charge in [0.2, 0.25) is 0 Å². The zero-order valence-corrected chi connectivity index (χ0v) is 24.0. The highest BCUT2D eigenvalue weighted by molar-refractivity contribution is 7.13. The van der Waals surface area contributed by atoms with Crippen LogP contribution in [0.3, 0.4) is 0 Å². The topological polar surface area (TPSA) is 107 Å². The first-order valence-corrected chi connectivity index (χ1v) is 13.4. The monoisotopic (exact) mass is 574 g/mol. The van der Waals surface area contributed by atoms with Crippen molar-refractivity contribution >= 4 is 40.5 Å². The number of fused-ring (bicyclic) bond motifs is 1. The summed E-state index contributed by atoms with van der Waals surface area (Å²) in [5.74, 6) is 0.169. The van der Waals surface area contributed by atoms with Crippen LogP contribution in [0.1, 0.15) is 45.8 Å². The summed E-state index contributed by atoms with van der Waals surface area (Å²) in [6.07, 6.45) is -0.208. The van der Waals surface area contributed by atoms with Gasteiger partial charge in [-0.2, -0.15) is 0 Å². The number of aliphatic hydroxyl groups excluding tert-OH is 1. The Kier molecular flexibility index (Phi) is 8.80. The van der Waals surface area contributed by atoms with E-state index in [2.05, 4.69) is 4.98 Å². The maximum atomic E-state index is 14.2. The van der Waals surface area contributed by atoms with Crippen LogP contribution in [0.25, 0.3) is 0 Å². The van der Waals surface area contributed by atoms with Gasteiger partial charge in [-0.05, 0) is 24.3 Å². The second kappa shape index (κ2) is 11.9. The number of nitrogens with zero attached hydrogens (tertiary/aromatic N) is 2. The Hall–Kier alpha value is -3.18. The molecule has 4 rings (SSSR count). The van der Waals surface area contributed by atoms with Crippen LogP contribution in [-0.2, 0) is 20.7 Å². The van der Waals surface area contributed by atoms with Gasteiger partial charge in [-0.3, -0.25) is 4.79 Å². The number of ether oxygens (including phenoxy) is 4. The number of carbonyl (C=O) groups is 2. The Morgan fingerprint density at radius 2 is 1.95 bits per heavy atom. The number of rotatable bonds is 9. The molecule has 0 spiro atoms. The third-order valence-electron chi connectivity index (χ3n) is 6.43. The molecular formula is C28H31ClN2O7S. The Morgan fingerprint density at radius 3 is 2.62 bits per heavy atom. The number of anilines is 1. The smallest absolute Gasteiger partial charge is 0.349 e. The van der Waals surface area contributed by atoms with E-state index >= 15 is 0 Å². The molecule has 1 aliphatic heterocycles. The lowest BCUT2D eigenvalue weighted by Gasteiger charge is -2.32. The summed E-state index contributed by atoms with van der Waals surface area (Å²) < 4.78 is 22.7. The number of benzene rings is 2. The first kappa shape index (κ1) is 28.8. The number of aliphatic hydroxyl groups is 1. The van der Waals surface area contributed by atoms with Gasteiger partial charge < -0.3 is 29.0 Å². The highest BCUT2D eigenvalue weighted by atomic mass is 35.5. The van der Waals surface area contributed by atoms with Gasteiger partial charge in [-0.25, -0.2) is 9.78 Å². The molecular weight excluding hydrogens is 544 g/mol. The van der Waals surface area contributed by atoms with Gasteiger partial charge in [0.25, 0.3) is 5.91 Å². The largest absolute Gasteiger partial charge is 0.493 e. The van der Waals surface area contributed by atoms with Crippen LogP contribution in [0, 0.1) is 5.41 Å². The zero-order valence-electron chi connectivity index (χ0n) is 22.4. The number of thiazole rings is 1. The summed E-state index contributed by atoms with van der Waals surface area (Å²) in [4.78, 5) is 32.5. The number of methoxy groups -OCH3 is 3. The van der Waals surface area contributed by atoms with E-state index in [9.17, 15) is 14.7 Å². The van der Waals surface area contributed by atoms with E-state index in [0.29, 0.717) is 43.2 Å². The molecule has 0 aliphatic carbocycles. The van der Waals surface area contributed by atoms with E-state index in [4.69, 9.17) is 30.5 Å². The van der Waals surface area contributed by atoms with E-state index in [1.165, 1.54) is 13.3 Å². The van der Waals surface area contributed by atoms with Crippen molar-refractivity contribution in [3.8, 4) is 11.5 Å². The van der Waals surface area contributed by atoms with Gasteiger partial charge in [0.05, 0.1) is 32.5 Å². The second-order valence-corrected chi connectivity index (χ2v) is 11.4. The van der Waals surface area contributed by atoms with Crippen LogP contribution in [0.15, 0.2) is 42.6 Å². The molecule has 0 radical (unpaired) electrons. The van der Waals surface area contributed by atoms with Crippen LogP contribution in [0.2, 0.25) is 5.02 Å². The molecule has 1 amide bonds. The highest BCUT2D eigenvalue weighted by Crippen LogP contribution is 2.45. The van der Waals surface area contributed by atoms with Gasteiger partial charge in [-0.15, -0.1) is 11.3 Å². The van der Waals surface area contributed by atoms with Crippen molar-refractivity contribution in [1.29, 1.82) is 0 Å². The minimum Gasteiger partial charge on any atom is -0.493 e. The minimum atomic E-state index is -0.983. The number of halogens is 1. The Morgan fingerprint density at radius 1 is 1.18 bits per heavy atom. The fourth-order valence-corrected chi connectivity index (χ4v) is 5.51. The quantitative estimate of drug-likeness (QED) is 0.367. The predicted octanol–water partition coefficient (Wildman–Crippen LogP) is 4.68. The molecule has 0 bridgehead atoms. The van der Waals surface area contributed by atoms with Crippen molar-refractivity contribution in [2.75, 3.05) is 39.4 Å². The summed E-state index contributed by atoms with van der Waals surface area (Å²) in [6, 6.07) is 10.7. The zero-order chi connectivity index (χ0) is 28.3. The first-order valence-electron chi connectivity index (χ1n) is 12.2. The lowest BCUT2D eigenvalue weighted by molar-refractivity contribution is -0.132. The summed E-state index contributed by atoms with van der Waals surface area (Å²) in [5.41, 5.74) is 1.31. The van der Waals surface area contributed by atoms with Crippen LogP contribution in [0.4, 0.5) is 5.69 Å². The Bertz CT molecular complexity index is 1360. The maximum Gasteiger partial charge on any atom is 0.349 e. The predicted molar refractivity (Wildman–Crippen MR) is 148 cm³/mol. The van der Waals surface area contributed by atoms with Gasteiger partial charge in [-0.1, -0.05) is 37.6 Å². The summed E-state index contributed by atoms with van der Waals surface area (Å²) >= 11 is 7.61. The third kappa shape index (κ3) is 6.04. The minimum absolute atomic E-state index is 0.112. The molecule has 2 atom stereocenters. The lowest BCUT2D eigenvalue weighted by Crippen LogP contribution is -2.45. The molecule has 208 valence electrons. The SMILES string of the molecule is COC(=O)c1cnc(C[C@H]2O[C@H](c3cccc(OC)c3OC)c3cc(Cl)ccc3N(CC(C)(C)CO)C2=O)s1. The fourth-order valence-electron chi connectivity index (χ4n) is 4.46. The Balaban J connectivity index is 1.88. The van der Waals surface area contributed by atoms with Crippen molar-refractivity contribution in [2.45, 2.75) is 32.5 Å². The van der Waals surface area contributed by atoms with E-state index in [-0.39, 0.29) is 25.5 Å². The van der Waals surface area contributed by atoms with Crippen LogP contribution < -0.4 is 14.4 Å². The maximum absolute atomic E-state index is 14.2. The van der Waals surface area contributed by atoms with E-state index in [1.54, 1.807) is 43.4 Å². The van der Waals surface area contributed by atoms with Gasteiger partial charge in [0.1, 0.15) is 17.1 Å². The van der Waals surface area contributed by atoms with Gasteiger partial charge >= 0.3 is 5.97 Å². The molecule has 0 saturated heterocycles. The Labute approximate surface area is 236 Å². The molecule has 2 aromatic carbocycles. The molecule has 9 nitrogen and oxygen atoms in total. The van der Waals surface area contributed by atoms with Crippen LogP contribution >= 0.6 is 22.9 Å². The molecule has 0 unspecified atom stereocenters. The number of para-hydroxylation sites is 1. The molecule has 2 heterocycles. The number of aromatic nitrogens is 1. The van der Waals surface area contributed by atoms with E-state index in [1.807, 2.05) is 26.0 Å². The molecule has 39 heavy (non-hydrogen) atoms. The lowest BCUT2D eigenvalue weighted by atomic mass is 9.92. The summed E-state index contributed by atoms with van der Waals surface area (Å²) in [7, 11) is 4.39. The average Bonchev–Trinajstić information content (AvgIpc) is 3.37. The number of carbonyl (C=O) groups excluding carboxylic acids is 2. The van der Waals surface area contributed by atoms with Crippen molar-refractivity contribution in [1.82, 2.24) is 4.98 Å². The van der Waals surface area contributed by atoms with Crippen molar-refractivity contribution < 1.29 is 33.6 Å². The van der Waals surface area contributed by atoms with E-state index < -0.39 is 23.6 Å². The third-order valence-corrected chi connectivity index (χ3v) is 7.67. The number of amides is 1. The number of hydrogen-bond donors (Lipinski definition) is 1. The summed E-state index contributed by atoms with van der Waals surface area (Å²) in [5, 5.41) is 11.0. The van der Waals surface area contributed by atoms with Crippen molar-refractivity contribution in [3.63, 3.8) is 0 Å². The fraction of sp³-hybridized carbons (Fsp3) is 0.393. The van der Waals surface area contributed by atoms with Crippen LogP contribution in [0.5, 0.6) is 11.5 Å². The molecule has 11 heteroatoms. The first-order chi connectivity index (χ1) is 18.6. The molecule has 1 N–H and O–H groups in total. The van der Waals surface area contributed by atoms with Gasteiger partial charge in [0.15, 0.2) is 11.5 Å². The molecule has 0 saturated carbocycles. The summed E-state index contributed by atoms with van der Waals surface area (Å²) in [6.45, 7) is 3.85. The van der Waals surface area contributed by atoms with Crippen molar-refractivity contribution in [3.05, 3.63) is 68.6 Å². The molecule has 3 aromatic rings. The standard InChI is InChI=1S/C28H31ClN2O7S/c1-28(2,15-32)14-31-19-10-9-16(29)11-18(19)24(17-7-6-8-20(35-3)25(17)36-4)38-21(26(31)33)12-23-30-13-22(39-23)27(34)37-5/h6-11,13,21,24,32H,12,14-15H2,1-5H3/t21-,24-/m1/s1. The van der Waals surface area contributed by atoms with Crippen LogP contribution in [-0.4, -0.2) is 62.6 Å². The van der Waals surface area contributed by atoms with E-state index in [0.717, 1.165) is 11.3 Å². The average molecular weight is 575 g/mol. The molecule has 1 aromatic heterocycles. The molecule has 0 fully saturated rings. The number of esters is 1. The molecule has 1 aliphatic rings. The normalized spacial score (nSPS) is 17.4. The van der Waals surface area contributed by atoms with Crippen molar-refractivity contribution in [2.24, 2.45) is 5.41 Å². The second-order valence-electron chi connectivity index (χ2n) is 9.85. The van der Waals surface area contributed by atoms with Gasteiger partial charge in [0, 0.05) is 46.8 Å². The highest BCUT2D eigenvalue weighted by Gasteiger charge is 2.40. The number of hydrogen-bond acceptors (Lipinski definition) is 9.